The van der Waals surface area contributed by atoms with E-state index < -0.39 is 32.8 Å². The van der Waals surface area contributed by atoms with Gasteiger partial charge in [0.1, 0.15) is 0 Å². The van der Waals surface area contributed by atoms with Crippen molar-refractivity contribution >= 4 is 27.6 Å². The van der Waals surface area contributed by atoms with Gasteiger partial charge in [0.25, 0.3) is 5.69 Å². The highest BCUT2D eigenvalue weighted by molar-refractivity contribution is 7.88. The van der Waals surface area contributed by atoms with Gasteiger partial charge < -0.3 is 9.47 Å². The molecule has 0 aliphatic carbocycles. The van der Waals surface area contributed by atoms with Gasteiger partial charge in [-0.25, -0.2) is 22.3 Å². The summed E-state index contributed by atoms with van der Waals surface area (Å²) in [6, 6.07) is 5.42. The van der Waals surface area contributed by atoms with E-state index in [1.54, 1.807) is 6.92 Å². The molecule has 30 heavy (non-hydrogen) atoms. The number of hydrogen-bond donors (Lipinski definition) is 0. The Morgan fingerprint density at radius 2 is 1.73 bits per heavy atom. The third-order valence-electron chi connectivity index (χ3n) is 4.61. The van der Waals surface area contributed by atoms with E-state index in [2.05, 4.69) is 0 Å². The molecular weight excluding hydrogens is 416 g/mol. The van der Waals surface area contributed by atoms with Crippen molar-refractivity contribution in [1.82, 2.24) is 4.31 Å². The molecule has 1 heterocycles. The van der Waals surface area contributed by atoms with E-state index in [-0.39, 0.29) is 40.4 Å². The first kappa shape index (κ1) is 23.1. The molecule has 1 unspecified atom stereocenters. The van der Waals surface area contributed by atoms with Crippen LogP contribution in [0.25, 0.3) is 0 Å². The van der Waals surface area contributed by atoms with E-state index in [1.165, 1.54) is 38.1 Å². The molecule has 0 aromatic heterocycles. The van der Waals surface area contributed by atoms with Crippen LogP contribution in [0.4, 0.5) is 5.69 Å². The second-order valence-electron chi connectivity index (χ2n) is 6.52. The average molecular weight is 438 g/mol. The highest BCUT2D eigenvalue weighted by Crippen LogP contribution is 2.44. The fourth-order valence-electron chi connectivity index (χ4n) is 3.53. The summed E-state index contributed by atoms with van der Waals surface area (Å²) >= 11 is 0. The number of carbonyl (C=O) groups excluding carboxylic acids is 2. The number of methoxy groups -OCH3 is 1. The van der Waals surface area contributed by atoms with Crippen LogP contribution in [0.5, 0.6) is 0 Å². The lowest BCUT2D eigenvalue weighted by atomic mass is 9.80. The maximum absolute atomic E-state index is 12.8. The van der Waals surface area contributed by atoms with Crippen LogP contribution in [-0.4, -0.2) is 49.6 Å². The van der Waals surface area contributed by atoms with Gasteiger partial charge in [0.2, 0.25) is 10.0 Å². The maximum atomic E-state index is 12.8. The van der Waals surface area contributed by atoms with Gasteiger partial charge in [-0.05, 0) is 26.3 Å². The van der Waals surface area contributed by atoms with Crippen LogP contribution in [0, 0.1) is 10.1 Å². The van der Waals surface area contributed by atoms with Gasteiger partial charge in [-0.1, -0.05) is 12.1 Å². The summed E-state index contributed by atoms with van der Waals surface area (Å²) < 4.78 is 35.7. The number of non-ortho nitro benzene ring substituents is 1. The fourth-order valence-corrected chi connectivity index (χ4v) is 4.72. The Hall–Kier alpha value is -3.21. The predicted octanol–water partition coefficient (Wildman–Crippen LogP) is 2.24. The molecule has 0 saturated carbocycles. The van der Waals surface area contributed by atoms with E-state index in [9.17, 15) is 28.1 Å². The minimum atomic E-state index is -3.91. The molecule has 1 aromatic carbocycles. The molecule has 1 atom stereocenters. The van der Waals surface area contributed by atoms with Crippen LogP contribution < -0.4 is 0 Å². The van der Waals surface area contributed by atoms with Crippen molar-refractivity contribution in [2.75, 3.05) is 20.0 Å². The van der Waals surface area contributed by atoms with Crippen molar-refractivity contribution in [3.05, 3.63) is 62.5 Å². The van der Waals surface area contributed by atoms with Crippen LogP contribution in [-0.2, 0) is 29.1 Å². The van der Waals surface area contributed by atoms with Crippen molar-refractivity contribution in [3.63, 3.8) is 0 Å². The lowest BCUT2D eigenvalue weighted by Gasteiger charge is -2.36. The first-order valence-electron chi connectivity index (χ1n) is 8.87. The highest BCUT2D eigenvalue weighted by atomic mass is 32.2. The second kappa shape index (κ2) is 8.66. The molecule has 1 aliphatic heterocycles. The molecule has 0 radical (unpaired) electrons. The van der Waals surface area contributed by atoms with Crippen LogP contribution >= 0.6 is 0 Å². The highest BCUT2D eigenvalue weighted by Gasteiger charge is 2.43. The Kier molecular flexibility index (Phi) is 6.66. The number of hydrogen-bond acceptors (Lipinski definition) is 8. The number of rotatable bonds is 6. The number of nitro benzene ring substituents is 1. The number of allylic oxidation sites excluding steroid dienone is 2. The van der Waals surface area contributed by atoms with Crippen molar-refractivity contribution in [3.8, 4) is 0 Å². The first-order valence-corrected chi connectivity index (χ1v) is 10.7. The fraction of sp³-hybridized carbons (Fsp3) is 0.368. The van der Waals surface area contributed by atoms with Gasteiger partial charge in [-0.3, -0.25) is 10.1 Å². The van der Waals surface area contributed by atoms with Crippen molar-refractivity contribution in [2.45, 2.75) is 26.7 Å². The van der Waals surface area contributed by atoms with E-state index >= 15 is 0 Å². The summed E-state index contributed by atoms with van der Waals surface area (Å²) in [5, 5.41) is 11.2. The number of nitrogens with zero attached hydrogens (tertiary/aromatic N) is 2. The molecule has 162 valence electrons. The summed E-state index contributed by atoms with van der Waals surface area (Å²) in [4.78, 5) is 36.2. The lowest BCUT2D eigenvalue weighted by molar-refractivity contribution is -0.384. The summed E-state index contributed by atoms with van der Waals surface area (Å²) in [5.41, 5.74) is -0.171. The summed E-state index contributed by atoms with van der Waals surface area (Å²) in [7, 11) is -2.80. The maximum Gasteiger partial charge on any atom is 0.336 e. The van der Waals surface area contributed by atoms with Crippen LogP contribution in [0.15, 0.2) is 46.8 Å². The Morgan fingerprint density at radius 3 is 2.20 bits per heavy atom. The van der Waals surface area contributed by atoms with Gasteiger partial charge in [0.05, 0.1) is 42.0 Å². The SMILES string of the molecule is CCOC(=O)C1=C(C)N(S(C)(=O)=O)C(C)=C(C(=O)OC)C1c1cccc([N+](=O)[O-])c1. The summed E-state index contributed by atoms with van der Waals surface area (Å²) in [6.45, 7) is 4.40. The zero-order chi connectivity index (χ0) is 22.8. The van der Waals surface area contributed by atoms with Crippen molar-refractivity contribution < 1.29 is 32.4 Å². The van der Waals surface area contributed by atoms with Gasteiger partial charge in [-0.15, -0.1) is 0 Å². The van der Waals surface area contributed by atoms with Crippen molar-refractivity contribution in [2.24, 2.45) is 0 Å². The van der Waals surface area contributed by atoms with Gasteiger partial charge in [0, 0.05) is 23.5 Å². The average Bonchev–Trinajstić information content (AvgIpc) is 2.66. The molecule has 0 bridgehead atoms. The van der Waals surface area contributed by atoms with Crippen LogP contribution in [0.2, 0.25) is 0 Å². The normalized spacial score (nSPS) is 17.1. The Bertz CT molecular complexity index is 1070. The first-order chi connectivity index (χ1) is 13.9. The number of sulfonamides is 1. The quantitative estimate of drug-likeness (QED) is 0.375. The minimum absolute atomic E-state index is 0.00635. The topological polar surface area (TPSA) is 133 Å². The zero-order valence-electron chi connectivity index (χ0n) is 17.2. The number of benzene rings is 1. The van der Waals surface area contributed by atoms with Gasteiger partial charge in [-0.2, -0.15) is 0 Å². The largest absolute Gasteiger partial charge is 0.466 e. The van der Waals surface area contributed by atoms with E-state index in [1.807, 2.05) is 0 Å². The monoisotopic (exact) mass is 438 g/mol. The number of ether oxygens (including phenoxy) is 2. The molecule has 1 aliphatic rings. The standard InChI is InChI=1S/C19H22N2O8S/c1-6-29-19(23)16-12(3)20(30(5,26)27)11(2)15(18(22)28-4)17(16)13-8-7-9-14(10-13)21(24)25/h7-10,17H,6H2,1-5H3. The number of esters is 2. The molecule has 2 rings (SSSR count). The summed E-state index contributed by atoms with van der Waals surface area (Å²) in [6.07, 6.45) is 0.936. The molecule has 0 amide bonds. The predicted molar refractivity (Wildman–Crippen MR) is 107 cm³/mol. The number of nitro groups is 1. The smallest absolute Gasteiger partial charge is 0.336 e. The van der Waals surface area contributed by atoms with E-state index in [0.717, 1.165) is 17.7 Å². The summed E-state index contributed by atoms with van der Waals surface area (Å²) in [5.74, 6) is -2.82. The molecule has 0 N–H and O–H groups in total. The Balaban J connectivity index is 2.93. The van der Waals surface area contributed by atoms with Gasteiger partial charge in [0.15, 0.2) is 0 Å². The van der Waals surface area contributed by atoms with Crippen molar-refractivity contribution in [1.29, 1.82) is 0 Å². The molecule has 0 spiro atoms. The number of carbonyl (C=O) groups is 2. The molecule has 0 fully saturated rings. The molecule has 11 heteroatoms. The third-order valence-corrected chi connectivity index (χ3v) is 5.82. The molecule has 10 nitrogen and oxygen atoms in total. The third kappa shape index (κ3) is 4.20. The Labute approximate surface area is 174 Å². The molecule has 0 saturated heterocycles. The van der Waals surface area contributed by atoms with Gasteiger partial charge >= 0.3 is 11.9 Å². The van der Waals surface area contributed by atoms with E-state index in [0.29, 0.717) is 0 Å². The Morgan fingerprint density at radius 1 is 1.17 bits per heavy atom. The van der Waals surface area contributed by atoms with Crippen LogP contribution in [0.3, 0.4) is 0 Å². The zero-order valence-corrected chi connectivity index (χ0v) is 18.0. The minimum Gasteiger partial charge on any atom is -0.466 e. The van der Waals surface area contributed by atoms with E-state index in [4.69, 9.17) is 9.47 Å². The lowest BCUT2D eigenvalue weighted by Crippen LogP contribution is -2.38. The molecular formula is C19H22N2O8S. The second-order valence-corrected chi connectivity index (χ2v) is 8.35. The van der Waals surface area contributed by atoms with Crippen LogP contribution in [0.1, 0.15) is 32.3 Å². The molecule has 1 aromatic rings.